The molecular formula is C5H5KN4O2. The van der Waals surface area contributed by atoms with E-state index in [2.05, 4.69) is 20.2 Å². The van der Waals surface area contributed by atoms with Crippen molar-refractivity contribution in [2.75, 3.05) is 0 Å². The predicted octanol–water partition coefficient (Wildman–Crippen LogP) is -0.884. The van der Waals surface area contributed by atoms with E-state index in [1.165, 1.54) is 6.20 Å². The van der Waals surface area contributed by atoms with Crippen LogP contribution in [0, 0.1) is 0 Å². The number of H-pyrrole nitrogens is 1. The second kappa shape index (κ2) is 3.67. The fraction of sp³-hybridized carbons (Fsp3) is 0. The predicted molar refractivity (Wildman–Crippen MR) is 42.2 cm³/mol. The first-order chi connectivity index (χ1) is 5.27. The van der Waals surface area contributed by atoms with Gasteiger partial charge >= 0.3 is 57.4 Å². The van der Waals surface area contributed by atoms with Crippen LogP contribution in [-0.2, 0) is 0 Å². The molecule has 0 radical (unpaired) electrons. The summed E-state index contributed by atoms with van der Waals surface area (Å²) in [6, 6.07) is -0.473. The first-order valence-corrected chi connectivity index (χ1v) is 2.86. The Balaban J connectivity index is 0.000000720. The first kappa shape index (κ1) is 9.87. The number of hydrogen-bond donors (Lipinski definition) is 3. The van der Waals surface area contributed by atoms with Crippen LogP contribution in [0.3, 0.4) is 0 Å². The molecule has 0 bridgehead atoms. The molecule has 2 rings (SSSR count). The van der Waals surface area contributed by atoms with Crippen LogP contribution in [0.1, 0.15) is 0 Å². The fourth-order valence-electron chi connectivity index (χ4n) is 0.808. The second-order valence-electron chi connectivity index (χ2n) is 1.98. The third-order valence-electron chi connectivity index (χ3n) is 1.28. The Labute approximate surface area is 109 Å². The van der Waals surface area contributed by atoms with Crippen molar-refractivity contribution in [3.63, 3.8) is 0 Å². The molecule has 0 atom stereocenters. The van der Waals surface area contributed by atoms with Crippen molar-refractivity contribution >= 4 is 62.4 Å². The summed E-state index contributed by atoms with van der Waals surface area (Å²) in [6.45, 7) is 0. The summed E-state index contributed by atoms with van der Waals surface area (Å²) in [7, 11) is 0. The van der Waals surface area contributed by atoms with Gasteiger partial charge in [-0.15, -0.1) is 0 Å². The van der Waals surface area contributed by atoms with E-state index in [1.807, 2.05) is 0 Å². The summed E-state index contributed by atoms with van der Waals surface area (Å²) in [5.41, 5.74) is 0.315. The van der Waals surface area contributed by atoms with Crippen LogP contribution in [0.5, 0.6) is 11.9 Å². The molecular weight excluding hydrogens is 187 g/mol. The Kier molecular flexibility index (Phi) is 3.02. The molecule has 6 nitrogen and oxygen atoms in total. The summed E-state index contributed by atoms with van der Waals surface area (Å²) >= 11 is 0. The van der Waals surface area contributed by atoms with Gasteiger partial charge in [-0.2, -0.15) is 15.1 Å². The minimum absolute atomic E-state index is 0. The van der Waals surface area contributed by atoms with Gasteiger partial charge < -0.3 is 10.2 Å². The quantitative estimate of drug-likeness (QED) is 0.471. The molecule has 0 aliphatic rings. The van der Waals surface area contributed by atoms with E-state index >= 15 is 0 Å². The Morgan fingerprint density at radius 2 is 2.00 bits per heavy atom. The van der Waals surface area contributed by atoms with Gasteiger partial charge in [-0.25, -0.2) is 0 Å². The number of fused-ring (bicyclic) bond motifs is 1. The van der Waals surface area contributed by atoms with Crippen LogP contribution >= 0.6 is 0 Å². The monoisotopic (exact) mass is 192 g/mol. The average Bonchev–Trinajstić information content (AvgIpc) is 2.34. The zero-order valence-corrected chi connectivity index (χ0v) is 5.31. The van der Waals surface area contributed by atoms with Crippen LogP contribution in [-0.4, -0.2) is 81.8 Å². The van der Waals surface area contributed by atoms with E-state index in [9.17, 15) is 0 Å². The van der Waals surface area contributed by atoms with Crippen molar-refractivity contribution in [1.29, 1.82) is 0 Å². The normalized spacial score (nSPS) is 9.67. The molecule has 7 heteroatoms. The Bertz CT molecular complexity index is 401. The number of hydrogen-bond acceptors (Lipinski definition) is 5. The van der Waals surface area contributed by atoms with E-state index in [4.69, 9.17) is 10.2 Å². The van der Waals surface area contributed by atoms with Gasteiger partial charge in [0.2, 0.25) is 5.88 Å². The molecule has 2 heterocycles. The van der Waals surface area contributed by atoms with E-state index in [1.54, 1.807) is 0 Å². The van der Waals surface area contributed by atoms with Crippen molar-refractivity contribution < 1.29 is 10.2 Å². The van der Waals surface area contributed by atoms with Gasteiger partial charge in [0.15, 0.2) is 5.65 Å². The molecule has 0 unspecified atom stereocenters. The maximum absolute atomic E-state index is 9.07. The summed E-state index contributed by atoms with van der Waals surface area (Å²) in [5.74, 6) is -0.277. The molecule has 0 saturated heterocycles. The van der Waals surface area contributed by atoms with Crippen molar-refractivity contribution in [1.82, 2.24) is 20.2 Å². The van der Waals surface area contributed by atoms with Gasteiger partial charge in [0.25, 0.3) is 0 Å². The Morgan fingerprint density at radius 1 is 1.25 bits per heavy atom. The number of nitrogens with zero attached hydrogens (tertiary/aromatic N) is 3. The zero-order chi connectivity index (χ0) is 7.84. The van der Waals surface area contributed by atoms with Gasteiger partial charge in [0.1, 0.15) is 5.39 Å². The number of aromatic nitrogens is 4. The summed E-state index contributed by atoms with van der Waals surface area (Å²) in [5, 5.41) is 24.3. The van der Waals surface area contributed by atoms with Crippen molar-refractivity contribution in [3.05, 3.63) is 6.20 Å². The number of aromatic hydroxyl groups is 2. The number of aromatic amines is 1. The third-order valence-corrected chi connectivity index (χ3v) is 1.28. The molecule has 0 saturated carbocycles. The first-order valence-electron chi connectivity index (χ1n) is 2.86. The second-order valence-corrected chi connectivity index (χ2v) is 1.98. The van der Waals surface area contributed by atoms with Crippen molar-refractivity contribution in [3.8, 4) is 11.9 Å². The summed E-state index contributed by atoms with van der Waals surface area (Å²) < 4.78 is 0. The fourth-order valence-corrected chi connectivity index (χ4v) is 0.808. The van der Waals surface area contributed by atoms with Crippen LogP contribution in [0.25, 0.3) is 11.0 Å². The Hall–Kier alpha value is -0.214. The maximum atomic E-state index is 9.07. The molecule has 12 heavy (non-hydrogen) atoms. The SMILES string of the molecule is Oc1nc(O)c2cn[nH]c2n1.[KH]. The van der Waals surface area contributed by atoms with Gasteiger partial charge in [0.05, 0.1) is 6.20 Å². The third kappa shape index (κ3) is 1.59. The van der Waals surface area contributed by atoms with Crippen LogP contribution in [0.2, 0.25) is 0 Å². The molecule has 0 aromatic carbocycles. The molecule has 0 fully saturated rings. The Morgan fingerprint density at radius 3 is 2.75 bits per heavy atom. The van der Waals surface area contributed by atoms with Gasteiger partial charge in [-0.1, -0.05) is 0 Å². The molecule has 0 spiro atoms. The zero-order valence-electron chi connectivity index (χ0n) is 5.31. The van der Waals surface area contributed by atoms with E-state index in [-0.39, 0.29) is 57.3 Å². The van der Waals surface area contributed by atoms with E-state index < -0.39 is 6.01 Å². The summed E-state index contributed by atoms with van der Waals surface area (Å²) in [4.78, 5) is 6.88. The van der Waals surface area contributed by atoms with Crippen molar-refractivity contribution in [2.24, 2.45) is 0 Å². The van der Waals surface area contributed by atoms with Gasteiger partial charge in [0, 0.05) is 0 Å². The molecule has 3 N–H and O–H groups in total. The topological polar surface area (TPSA) is 94.9 Å². The van der Waals surface area contributed by atoms with Crippen LogP contribution in [0.4, 0.5) is 0 Å². The van der Waals surface area contributed by atoms with Crippen LogP contribution < -0.4 is 0 Å². The molecule has 0 aliphatic heterocycles. The molecule has 58 valence electrons. The van der Waals surface area contributed by atoms with Gasteiger partial charge in [-0.05, 0) is 0 Å². The standard InChI is InChI=1S/C5H4N4O2.K.H/c10-4-2-1-6-9-3(2)7-5(11)8-4;;/h1H,(H3,6,7,8,9,10,11);;. The number of nitrogens with one attached hydrogen (secondary N) is 1. The van der Waals surface area contributed by atoms with E-state index in [0.717, 1.165) is 0 Å². The number of rotatable bonds is 0. The summed E-state index contributed by atoms with van der Waals surface area (Å²) in [6.07, 6.45) is 1.38. The molecule has 0 amide bonds. The molecule has 0 aliphatic carbocycles. The van der Waals surface area contributed by atoms with Crippen molar-refractivity contribution in [2.45, 2.75) is 0 Å². The van der Waals surface area contributed by atoms with Crippen LogP contribution in [0.15, 0.2) is 6.20 Å². The average molecular weight is 192 g/mol. The molecule has 2 aromatic heterocycles. The minimum atomic E-state index is -0.473. The van der Waals surface area contributed by atoms with Gasteiger partial charge in [-0.3, -0.25) is 5.10 Å². The van der Waals surface area contributed by atoms with E-state index in [0.29, 0.717) is 11.0 Å². The molecule has 2 aromatic rings.